The Labute approximate surface area is 194 Å². The molecule has 0 aliphatic carbocycles. The van der Waals surface area contributed by atoms with E-state index in [9.17, 15) is 19.1 Å². The summed E-state index contributed by atoms with van der Waals surface area (Å²) in [5.41, 5.74) is 2.22. The maximum Gasteiger partial charge on any atom is 0.300 e. The number of anilines is 1. The number of carbonyl (C=O) groups excluding carboxylic acids is 2. The number of hydrogen-bond acceptors (Lipinski definition) is 4. The molecule has 33 heavy (non-hydrogen) atoms. The second kappa shape index (κ2) is 8.37. The van der Waals surface area contributed by atoms with Gasteiger partial charge in [0.1, 0.15) is 17.3 Å². The Bertz CT molecular complexity index is 1280. The highest BCUT2D eigenvalue weighted by Gasteiger charge is 2.47. The van der Waals surface area contributed by atoms with E-state index in [2.05, 4.69) is 0 Å². The van der Waals surface area contributed by atoms with E-state index in [4.69, 9.17) is 16.3 Å². The molecule has 1 unspecified atom stereocenters. The predicted octanol–water partition coefficient (Wildman–Crippen LogP) is 5.43. The van der Waals surface area contributed by atoms with E-state index in [1.165, 1.54) is 29.2 Å². The van der Waals surface area contributed by atoms with Crippen LogP contribution in [-0.2, 0) is 16.0 Å². The molecule has 3 aromatic carbocycles. The van der Waals surface area contributed by atoms with Crippen LogP contribution in [0.2, 0.25) is 5.02 Å². The first kappa shape index (κ1) is 21.2. The number of aliphatic hydroxyl groups excluding tert-OH is 1. The zero-order valence-corrected chi connectivity index (χ0v) is 18.2. The van der Waals surface area contributed by atoms with Crippen LogP contribution in [0.5, 0.6) is 5.75 Å². The lowest BCUT2D eigenvalue weighted by Crippen LogP contribution is -2.29. The first-order valence-electron chi connectivity index (χ1n) is 10.5. The van der Waals surface area contributed by atoms with Crippen molar-refractivity contribution in [1.82, 2.24) is 0 Å². The number of nitrogens with zero attached hydrogens (tertiary/aromatic N) is 1. The lowest BCUT2D eigenvalue weighted by atomic mass is 9.94. The summed E-state index contributed by atoms with van der Waals surface area (Å²) in [6.07, 6.45) is 1.64. The van der Waals surface area contributed by atoms with Crippen molar-refractivity contribution in [2.75, 3.05) is 11.5 Å². The second-order valence-electron chi connectivity index (χ2n) is 7.97. The number of rotatable bonds is 3. The van der Waals surface area contributed by atoms with Crippen LogP contribution < -0.4 is 9.64 Å². The highest BCUT2D eigenvalue weighted by Crippen LogP contribution is 2.42. The molecule has 2 aliphatic rings. The van der Waals surface area contributed by atoms with Crippen molar-refractivity contribution in [1.29, 1.82) is 0 Å². The van der Waals surface area contributed by atoms with E-state index in [-0.39, 0.29) is 11.3 Å². The fourth-order valence-electron chi connectivity index (χ4n) is 4.32. The third kappa shape index (κ3) is 3.76. The van der Waals surface area contributed by atoms with Crippen molar-refractivity contribution in [2.24, 2.45) is 0 Å². The number of aliphatic hydroxyl groups is 1. The Morgan fingerprint density at radius 3 is 2.48 bits per heavy atom. The molecule has 0 spiro atoms. The standard InChI is InChI=1S/C26H19ClFNO4/c27-18-6-10-20(11-7-18)29-23(15-3-8-19(28)9-4-15)22(25(31)26(29)32)24(30)17-5-12-21-16(14-17)2-1-13-33-21/h3-12,14,23,30H,1-2,13H2/b24-22-. The van der Waals surface area contributed by atoms with Gasteiger partial charge in [0.2, 0.25) is 0 Å². The van der Waals surface area contributed by atoms with Gasteiger partial charge in [-0.15, -0.1) is 0 Å². The lowest BCUT2D eigenvalue weighted by molar-refractivity contribution is -0.132. The summed E-state index contributed by atoms with van der Waals surface area (Å²) in [6, 6.07) is 16.3. The van der Waals surface area contributed by atoms with Gasteiger partial charge in [0.05, 0.1) is 18.2 Å². The van der Waals surface area contributed by atoms with Gasteiger partial charge in [-0.25, -0.2) is 4.39 Å². The molecular formula is C26H19ClFNO4. The van der Waals surface area contributed by atoms with E-state index in [0.29, 0.717) is 28.4 Å². The summed E-state index contributed by atoms with van der Waals surface area (Å²) < 4.78 is 19.3. The number of ether oxygens (including phenoxy) is 1. The highest BCUT2D eigenvalue weighted by molar-refractivity contribution is 6.51. The van der Waals surface area contributed by atoms with Crippen LogP contribution in [0, 0.1) is 5.82 Å². The van der Waals surface area contributed by atoms with Gasteiger partial charge in [0.15, 0.2) is 0 Å². The largest absolute Gasteiger partial charge is 0.507 e. The van der Waals surface area contributed by atoms with Crippen molar-refractivity contribution in [2.45, 2.75) is 18.9 Å². The van der Waals surface area contributed by atoms with E-state index in [1.807, 2.05) is 0 Å². The van der Waals surface area contributed by atoms with Gasteiger partial charge >= 0.3 is 0 Å². The maximum absolute atomic E-state index is 13.6. The minimum Gasteiger partial charge on any atom is -0.507 e. The number of fused-ring (bicyclic) bond motifs is 1. The van der Waals surface area contributed by atoms with Crippen LogP contribution in [0.1, 0.15) is 29.2 Å². The first-order valence-corrected chi connectivity index (χ1v) is 10.9. The number of halogens is 2. The third-order valence-corrected chi connectivity index (χ3v) is 6.17. The van der Waals surface area contributed by atoms with Gasteiger partial charge in [0.25, 0.3) is 11.7 Å². The number of aryl methyl sites for hydroxylation is 1. The Morgan fingerprint density at radius 2 is 1.76 bits per heavy atom. The summed E-state index contributed by atoms with van der Waals surface area (Å²) in [5, 5.41) is 11.7. The van der Waals surface area contributed by atoms with Gasteiger partial charge in [-0.05, 0) is 78.6 Å². The lowest BCUT2D eigenvalue weighted by Gasteiger charge is -2.25. The maximum atomic E-state index is 13.6. The summed E-state index contributed by atoms with van der Waals surface area (Å²) >= 11 is 6.00. The van der Waals surface area contributed by atoms with Gasteiger partial charge < -0.3 is 9.84 Å². The zero-order chi connectivity index (χ0) is 23.1. The van der Waals surface area contributed by atoms with E-state index in [0.717, 1.165) is 24.2 Å². The molecular weight excluding hydrogens is 445 g/mol. The summed E-state index contributed by atoms with van der Waals surface area (Å²) in [4.78, 5) is 27.6. The molecule has 1 fully saturated rings. The smallest absolute Gasteiger partial charge is 0.300 e. The van der Waals surface area contributed by atoms with E-state index in [1.54, 1.807) is 42.5 Å². The molecule has 5 nitrogen and oxygen atoms in total. The van der Waals surface area contributed by atoms with Gasteiger partial charge in [-0.2, -0.15) is 0 Å². The SMILES string of the molecule is O=C1C(=O)N(c2ccc(Cl)cc2)C(c2ccc(F)cc2)/C1=C(/O)c1ccc2c(c1)CCCO2. The van der Waals surface area contributed by atoms with Crippen LogP contribution in [0.4, 0.5) is 10.1 Å². The molecule has 0 aromatic heterocycles. The van der Waals surface area contributed by atoms with E-state index >= 15 is 0 Å². The molecule has 2 heterocycles. The molecule has 1 N–H and O–H groups in total. The quantitative estimate of drug-likeness (QED) is 0.319. The molecule has 3 aromatic rings. The minimum absolute atomic E-state index is 0.0572. The van der Waals surface area contributed by atoms with Crippen molar-refractivity contribution >= 4 is 34.7 Å². The molecule has 0 bridgehead atoms. The molecule has 0 radical (unpaired) electrons. The van der Waals surface area contributed by atoms with E-state index < -0.39 is 23.5 Å². The van der Waals surface area contributed by atoms with Crippen LogP contribution in [0.25, 0.3) is 5.76 Å². The number of carbonyl (C=O) groups is 2. The Balaban J connectivity index is 1.68. The van der Waals surface area contributed by atoms with Gasteiger partial charge in [-0.3, -0.25) is 14.5 Å². The zero-order valence-electron chi connectivity index (χ0n) is 17.4. The highest BCUT2D eigenvalue weighted by atomic mass is 35.5. The summed E-state index contributed by atoms with van der Waals surface area (Å²) in [5.74, 6) is -1.58. The van der Waals surface area contributed by atoms with Crippen LogP contribution in [0.3, 0.4) is 0 Å². The first-order chi connectivity index (χ1) is 15.9. The molecule has 1 amide bonds. The Kier molecular flexibility index (Phi) is 5.38. The van der Waals surface area contributed by atoms with Crippen LogP contribution in [0.15, 0.2) is 72.3 Å². The van der Waals surface area contributed by atoms with Crippen LogP contribution >= 0.6 is 11.6 Å². The monoisotopic (exact) mass is 463 g/mol. The van der Waals surface area contributed by atoms with Gasteiger partial charge in [0, 0.05) is 16.3 Å². The summed E-state index contributed by atoms with van der Waals surface area (Å²) in [7, 11) is 0. The summed E-state index contributed by atoms with van der Waals surface area (Å²) in [6.45, 7) is 0.634. The number of hydrogen-bond donors (Lipinski definition) is 1. The van der Waals surface area contributed by atoms with Gasteiger partial charge in [-0.1, -0.05) is 23.7 Å². The molecule has 2 aliphatic heterocycles. The number of benzene rings is 3. The molecule has 0 saturated carbocycles. The normalized spacial score (nSPS) is 19.3. The molecule has 1 atom stereocenters. The van der Waals surface area contributed by atoms with Crippen LogP contribution in [-0.4, -0.2) is 23.4 Å². The third-order valence-electron chi connectivity index (χ3n) is 5.92. The molecule has 166 valence electrons. The fraction of sp³-hybridized carbons (Fsp3) is 0.154. The molecule has 1 saturated heterocycles. The number of Topliss-reactive ketones (excluding diaryl/α,β-unsaturated/α-hetero) is 1. The van der Waals surface area contributed by atoms with Crippen molar-refractivity contribution < 1.29 is 23.8 Å². The second-order valence-corrected chi connectivity index (χ2v) is 8.41. The molecule has 7 heteroatoms. The Hall–Kier alpha value is -3.64. The van der Waals surface area contributed by atoms with Crippen molar-refractivity contribution in [3.63, 3.8) is 0 Å². The topological polar surface area (TPSA) is 66.8 Å². The molecule has 5 rings (SSSR count). The predicted molar refractivity (Wildman–Crippen MR) is 123 cm³/mol. The van der Waals surface area contributed by atoms with Crippen molar-refractivity contribution in [3.8, 4) is 5.75 Å². The average molecular weight is 464 g/mol. The fourth-order valence-corrected chi connectivity index (χ4v) is 4.45. The van der Waals surface area contributed by atoms with Crippen molar-refractivity contribution in [3.05, 3.63) is 99.8 Å². The Morgan fingerprint density at radius 1 is 1.03 bits per heavy atom. The average Bonchev–Trinajstić information content (AvgIpc) is 3.10. The number of ketones is 1. The minimum atomic E-state index is -0.931. The number of amides is 1.